The molecule has 1 fully saturated rings. The van der Waals surface area contributed by atoms with Crippen LogP contribution in [0.2, 0.25) is 0 Å². The van der Waals surface area contributed by atoms with Crippen molar-refractivity contribution in [2.45, 2.75) is 174 Å². The molecule has 0 saturated carbocycles. The Morgan fingerprint density at radius 3 is 1.58 bits per heavy atom. The Morgan fingerprint density at radius 1 is 0.833 bits per heavy atom. The first-order valence-corrected chi connectivity index (χ1v) is 15.2. The number of aliphatic carboxylic acids is 1. The highest BCUT2D eigenvalue weighted by Crippen LogP contribution is 2.45. The molecular formula is C31H61NO4. The fraction of sp³-hybridized carbons (Fsp3) is 0.968. The lowest BCUT2D eigenvalue weighted by molar-refractivity contribution is -0.304. The molecule has 0 bridgehead atoms. The highest BCUT2D eigenvalue weighted by molar-refractivity contribution is 5.70. The molecule has 0 aromatic rings. The van der Waals surface area contributed by atoms with Crippen molar-refractivity contribution in [3.8, 4) is 0 Å². The van der Waals surface area contributed by atoms with E-state index in [1.807, 2.05) is 5.06 Å². The van der Waals surface area contributed by atoms with Crippen molar-refractivity contribution < 1.29 is 19.8 Å². The minimum Gasteiger partial charge on any atom is -0.481 e. The average molecular weight is 512 g/mol. The summed E-state index contributed by atoms with van der Waals surface area (Å²) in [6.07, 6.45) is 20.8. The van der Waals surface area contributed by atoms with Crippen LogP contribution < -0.4 is 0 Å². The number of carboxylic acid groups (broad SMARTS) is 1. The Kier molecular flexibility index (Phi) is 15.2. The maximum atomic E-state index is 12.2. The van der Waals surface area contributed by atoms with Crippen LogP contribution in [-0.2, 0) is 9.63 Å². The summed E-state index contributed by atoms with van der Waals surface area (Å²) in [4.78, 5) is 18.3. The van der Waals surface area contributed by atoms with Gasteiger partial charge in [0.25, 0.3) is 0 Å². The number of nitrogens with zero attached hydrogens (tertiary/aromatic N) is 1. The fourth-order valence-electron chi connectivity index (χ4n) is 6.32. The van der Waals surface area contributed by atoms with Gasteiger partial charge in [0.1, 0.15) is 0 Å². The zero-order chi connectivity index (χ0) is 27.2. The van der Waals surface area contributed by atoms with Crippen LogP contribution in [0, 0.1) is 11.8 Å². The molecule has 1 aliphatic heterocycles. The number of piperidine rings is 1. The fourth-order valence-corrected chi connectivity index (χ4v) is 6.32. The second-order valence-corrected chi connectivity index (χ2v) is 13.5. The number of unbranched alkanes of at least 4 members (excludes halogenated alkanes) is 13. The third-order valence-electron chi connectivity index (χ3n) is 7.92. The van der Waals surface area contributed by atoms with Crippen molar-refractivity contribution in [3.63, 3.8) is 0 Å². The summed E-state index contributed by atoms with van der Waals surface area (Å²) < 4.78 is 0. The molecule has 36 heavy (non-hydrogen) atoms. The summed E-state index contributed by atoms with van der Waals surface area (Å²) >= 11 is 0. The number of carbonyl (C=O) groups is 1. The molecule has 2 N–H and O–H groups in total. The quantitative estimate of drug-likeness (QED) is 0.160. The SMILES string of the molecule is CCCCCCCCCCCCCCCCC(C(=O)O)C1CC(C)(C)N(OCC(C)(C)O)C(C)(C)C1. The maximum Gasteiger partial charge on any atom is 0.306 e. The first-order chi connectivity index (χ1) is 16.8. The zero-order valence-corrected chi connectivity index (χ0v) is 25.0. The number of aliphatic hydroxyl groups is 1. The molecule has 0 amide bonds. The molecule has 5 nitrogen and oxygen atoms in total. The summed E-state index contributed by atoms with van der Waals surface area (Å²) in [5.74, 6) is -0.805. The predicted molar refractivity (Wildman–Crippen MR) is 151 cm³/mol. The van der Waals surface area contributed by atoms with Crippen LogP contribution in [0.25, 0.3) is 0 Å². The molecule has 5 heteroatoms. The van der Waals surface area contributed by atoms with Crippen LogP contribution in [0.15, 0.2) is 0 Å². The van der Waals surface area contributed by atoms with Crippen LogP contribution in [0.3, 0.4) is 0 Å². The molecule has 1 saturated heterocycles. The molecule has 1 unspecified atom stereocenters. The first-order valence-electron chi connectivity index (χ1n) is 15.2. The number of hydrogen-bond donors (Lipinski definition) is 2. The smallest absolute Gasteiger partial charge is 0.306 e. The van der Waals surface area contributed by atoms with Crippen LogP contribution >= 0.6 is 0 Å². The predicted octanol–water partition coefficient (Wildman–Crippen LogP) is 8.53. The Bertz CT molecular complexity index is 578. The van der Waals surface area contributed by atoms with Crippen molar-refractivity contribution in [2.24, 2.45) is 11.8 Å². The largest absolute Gasteiger partial charge is 0.481 e. The highest BCUT2D eigenvalue weighted by Gasteiger charge is 2.49. The van der Waals surface area contributed by atoms with Gasteiger partial charge < -0.3 is 10.2 Å². The third kappa shape index (κ3) is 13.2. The van der Waals surface area contributed by atoms with Crippen molar-refractivity contribution in [1.29, 1.82) is 0 Å². The molecule has 0 aromatic carbocycles. The van der Waals surface area contributed by atoms with E-state index in [0.717, 1.165) is 32.1 Å². The van der Waals surface area contributed by atoms with E-state index in [1.54, 1.807) is 13.8 Å². The molecule has 0 radical (unpaired) electrons. The van der Waals surface area contributed by atoms with Gasteiger partial charge in [0.2, 0.25) is 0 Å². The minimum absolute atomic E-state index is 0.136. The van der Waals surface area contributed by atoms with Crippen LogP contribution in [-0.4, -0.2) is 44.5 Å². The standard InChI is InChI=1S/C31H61NO4/c1-8-9-10-11-12-13-14-15-16-17-18-19-20-21-22-27(28(33)34)26-23-29(2,3)32(30(4,5)24-26)36-25-31(6,7)35/h26-27,35H,8-25H2,1-7H3,(H,33,34). The van der Waals surface area contributed by atoms with Gasteiger partial charge in [-0.3, -0.25) is 9.63 Å². The van der Waals surface area contributed by atoms with Gasteiger partial charge in [0.05, 0.1) is 18.1 Å². The van der Waals surface area contributed by atoms with Crippen molar-refractivity contribution in [3.05, 3.63) is 0 Å². The number of rotatable bonds is 20. The van der Waals surface area contributed by atoms with Crippen molar-refractivity contribution in [2.75, 3.05) is 6.61 Å². The van der Waals surface area contributed by atoms with Gasteiger partial charge in [-0.2, -0.15) is 5.06 Å². The van der Waals surface area contributed by atoms with Gasteiger partial charge in [0, 0.05) is 11.1 Å². The van der Waals surface area contributed by atoms with E-state index in [1.165, 1.54) is 77.0 Å². The molecule has 1 heterocycles. The first kappa shape index (κ1) is 33.4. The van der Waals surface area contributed by atoms with Gasteiger partial charge in [-0.25, -0.2) is 0 Å². The van der Waals surface area contributed by atoms with Crippen LogP contribution in [0.5, 0.6) is 0 Å². The van der Waals surface area contributed by atoms with Gasteiger partial charge in [-0.15, -0.1) is 0 Å². The Labute approximate surface area is 223 Å². The number of carboxylic acids is 1. The van der Waals surface area contributed by atoms with E-state index in [9.17, 15) is 15.0 Å². The molecule has 1 rings (SSSR count). The van der Waals surface area contributed by atoms with Gasteiger partial charge in [0.15, 0.2) is 0 Å². The van der Waals surface area contributed by atoms with Crippen LogP contribution in [0.4, 0.5) is 0 Å². The summed E-state index contributed by atoms with van der Waals surface area (Å²) in [6, 6.07) is 0. The van der Waals surface area contributed by atoms with Crippen molar-refractivity contribution in [1.82, 2.24) is 5.06 Å². The molecule has 0 aliphatic carbocycles. The Hall–Kier alpha value is -0.650. The average Bonchev–Trinajstić information content (AvgIpc) is 2.73. The lowest BCUT2D eigenvalue weighted by Gasteiger charge is -2.55. The topological polar surface area (TPSA) is 70.0 Å². The molecule has 214 valence electrons. The van der Waals surface area contributed by atoms with Crippen molar-refractivity contribution >= 4 is 5.97 Å². The van der Waals surface area contributed by atoms with E-state index in [2.05, 4.69) is 34.6 Å². The van der Waals surface area contributed by atoms with Gasteiger partial charge >= 0.3 is 5.97 Å². The summed E-state index contributed by atoms with van der Waals surface area (Å²) in [5.41, 5.74) is -1.48. The maximum absolute atomic E-state index is 12.2. The molecule has 1 atom stereocenters. The van der Waals surface area contributed by atoms with E-state index >= 15 is 0 Å². The van der Waals surface area contributed by atoms with E-state index < -0.39 is 11.6 Å². The minimum atomic E-state index is -0.902. The lowest BCUT2D eigenvalue weighted by atomic mass is 9.69. The van der Waals surface area contributed by atoms with Gasteiger partial charge in [-0.05, 0) is 66.7 Å². The second-order valence-electron chi connectivity index (χ2n) is 13.5. The van der Waals surface area contributed by atoms with Crippen LogP contribution in [0.1, 0.15) is 158 Å². The zero-order valence-electron chi connectivity index (χ0n) is 25.0. The normalized spacial score (nSPS) is 19.4. The molecular weight excluding hydrogens is 450 g/mol. The molecule has 0 spiro atoms. The number of hydroxylamine groups is 2. The highest BCUT2D eigenvalue weighted by atomic mass is 16.7. The lowest BCUT2D eigenvalue weighted by Crippen LogP contribution is -2.62. The van der Waals surface area contributed by atoms with E-state index in [0.29, 0.717) is 0 Å². The molecule has 1 aliphatic rings. The second kappa shape index (κ2) is 16.3. The van der Waals surface area contributed by atoms with E-state index in [-0.39, 0.29) is 29.5 Å². The monoisotopic (exact) mass is 511 g/mol. The summed E-state index contributed by atoms with van der Waals surface area (Å²) in [6.45, 7) is 14.5. The third-order valence-corrected chi connectivity index (χ3v) is 7.92. The Balaban J connectivity index is 2.34. The summed E-state index contributed by atoms with van der Waals surface area (Å²) in [7, 11) is 0. The number of hydrogen-bond acceptors (Lipinski definition) is 4. The summed E-state index contributed by atoms with van der Waals surface area (Å²) in [5, 5.41) is 22.2. The Morgan fingerprint density at radius 2 is 1.22 bits per heavy atom. The van der Waals surface area contributed by atoms with Gasteiger partial charge in [-0.1, -0.05) is 96.8 Å². The molecule has 0 aromatic heterocycles. The van der Waals surface area contributed by atoms with E-state index in [4.69, 9.17) is 4.84 Å².